The highest BCUT2D eigenvalue weighted by Crippen LogP contribution is 2.10. The molecule has 5 nitrogen and oxygen atoms in total. The molecular formula is C25H36O5. The lowest BCUT2D eigenvalue weighted by Crippen LogP contribution is -2.15. The lowest BCUT2D eigenvalue weighted by molar-refractivity contribution is -0.143. The molecule has 0 aromatic rings. The quantitative estimate of drug-likeness (QED) is 0.561. The standard InChI is InChI=1S/C25H36O5/c1-2-24-18-12-5-3-4-8-16-22(27)20-23(28)17-11-6-9-14-21(26)15-10-7-13-19-25(29)30-24/h3-4,6-11,13-14,16,19,21-24,26-28H,2,5,12,15,17-18,20H2,1H3/b4-3+,10-7+,11-6-,14-9+,16-8+,19-13+/t21-,22-,23-,24+/m1/s1. The van der Waals surface area contributed by atoms with Crippen molar-refractivity contribution >= 4 is 5.97 Å². The predicted molar refractivity (Wildman–Crippen MR) is 121 cm³/mol. The monoisotopic (exact) mass is 416 g/mol. The van der Waals surface area contributed by atoms with Gasteiger partial charge in [-0.15, -0.1) is 0 Å². The van der Waals surface area contributed by atoms with Crippen molar-refractivity contribution in [1.82, 2.24) is 0 Å². The normalized spacial score (nSPS) is 34.6. The van der Waals surface area contributed by atoms with Crippen LogP contribution in [0.3, 0.4) is 0 Å². The fraction of sp³-hybridized carbons (Fsp3) is 0.480. The van der Waals surface area contributed by atoms with Gasteiger partial charge in [-0.3, -0.25) is 0 Å². The van der Waals surface area contributed by atoms with E-state index >= 15 is 0 Å². The van der Waals surface area contributed by atoms with Crippen LogP contribution in [0.15, 0.2) is 72.9 Å². The van der Waals surface area contributed by atoms with Crippen LogP contribution in [0.5, 0.6) is 0 Å². The zero-order chi connectivity index (χ0) is 22.0. The molecule has 1 aliphatic heterocycles. The molecule has 1 rings (SSSR count). The summed E-state index contributed by atoms with van der Waals surface area (Å²) in [5.41, 5.74) is 0. The van der Waals surface area contributed by atoms with Gasteiger partial charge in [-0.25, -0.2) is 4.79 Å². The molecule has 0 amide bonds. The molecule has 0 fully saturated rings. The minimum atomic E-state index is -0.704. The summed E-state index contributed by atoms with van der Waals surface area (Å²) in [5, 5.41) is 29.8. The van der Waals surface area contributed by atoms with Crippen LogP contribution < -0.4 is 0 Å². The summed E-state index contributed by atoms with van der Waals surface area (Å²) in [7, 11) is 0. The Balaban J connectivity index is 2.70. The second kappa shape index (κ2) is 16.6. The number of carbonyl (C=O) groups is 1. The molecule has 30 heavy (non-hydrogen) atoms. The van der Waals surface area contributed by atoms with E-state index in [1.54, 1.807) is 54.7 Å². The van der Waals surface area contributed by atoms with Crippen molar-refractivity contribution in [3.05, 3.63) is 72.9 Å². The van der Waals surface area contributed by atoms with E-state index in [4.69, 9.17) is 4.74 Å². The molecular weight excluding hydrogens is 380 g/mol. The first-order chi connectivity index (χ1) is 14.5. The predicted octanol–water partition coefficient (Wildman–Crippen LogP) is 4.08. The third-order valence-electron chi connectivity index (χ3n) is 4.57. The number of hydrogen-bond donors (Lipinski definition) is 3. The first kappa shape index (κ1) is 25.8. The maximum atomic E-state index is 11.9. The van der Waals surface area contributed by atoms with E-state index in [1.807, 2.05) is 19.1 Å². The fourth-order valence-electron chi connectivity index (χ4n) is 2.85. The summed E-state index contributed by atoms with van der Waals surface area (Å²) in [6.45, 7) is 1.99. The van der Waals surface area contributed by atoms with Gasteiger partial charge in [0.05, 0.1) is 18.3 Å². The molecule has 0 unspecified atom stereocenters. The lowest BCUT2D eigenvalue weighted by atomic mass is 10.1. The van der Waals surface area contributed by atoms with Crippen LogP contribution in [0.4, 0.5) is 0 Å². The summed E-state index contributed by atoms with van der Waals surface area (Å²) in [6.07, 6.45) is 23.2. The van der Waals surface area contributed by atoms with Gasteiger partial charge < -0.3 is 20.1 Å². The van der Waals surface area contributed by atoms with E-state index in [0.717, 1.165) is 25.7 Å². The molecule has 0 saturated carbocycles. The molecule has 4 atom stereocenters. The molecule has 0 radical (unpaired) electrons. The molecule has 1 heterocycles. The minimum Gasteiger partial charge on any atom is -0.459 e. The average molecular weight is 417 g/mol. The Morgan fingerprint density at radius 2 is 1.57 bits per heavy atom. The topological polar surface area (TPSA) is 87.0 Å². The van der Waals surface area contributed by atoms with E-state index in [-0.39, 0.29) is 18.5 Å². The number of esters is 1. The number of aliphatic hydroxyl groups is 3. The van der Waals surface area contributed by atoms with Crippen molar-refractivity contribution in [3.63, 3.8) is 0 Å². The molecule has 0 bridgehead atoms. The lowest BCUT2D eigenvalue weighted by Gasteiger charge is -2.14. The summed E-state index contributed by atoms with van der Waals surface area (Å²) in [6, 6.07) is 0. The minimum absolute atomic E-state index is 0.107. The molecule has 5 heteroatoms. The van der Waals surface area contributed by atoms with Crippen molar-refractivity contribution in [2.75, 3.05) is 0 Å². The van der Waals surface area contributed by atoms with Crippen molar-refractivity contribution in [2.24, 2.45) is 0 Å². The van der Waals surface area contributed by atoms with Gasteiger partial charge in [-0.05, 0) is 38.5 Å². The highest BCUT2D eigenvalue weighted by atomic mass is 16.5. The third-order valence-corrected chi connectivity index (χ3v) is 4.57. The van der Waals surface area contributed by atoms with Crippen LogP contribution in [0.1, 0.15) is 51.9 Å². The van der Waals surface area contributed by atoms with Crippen molar-refractivity contribution < 1.29 is 24.9 Å². The second-order valence-electron chi connectivity index (χ2n) is 7.31. The Morgan fingerprint density at radius 3 is 2.33 bits per heavy atom. The van der Waals surface area contributed by atoms with E-state index in [0.29, 0.717) is 12.8 Å². The zero-order valence-corrected chi connectivity index (χ0v) is 17.8. The number of allylic oxidation sites excluding steroid dienone is 7. The molecule has 0 spiro atoms. The SMILES string of the molecule is CC[C@H]1CCC/C=C/C=C/[C@@H](O)C[C@H](O)C/C=C\C=C\[C@@H](O)C/C=C/C=C/C(=O)O1. The van der Waals surface area contributed by atoms with Gasteiger partial charge in [-0.2, -0.15) is 0 Å². The number of ether oxygens (including phenoxy) is 1. The maximum absolute atomic E-state index is 11.9. The van der Waals surface area contributed by atoms with Gasteiger partial charge in [-0.1, -0.05) is 73.8 Å². The number of aliphatic hydroxyl groups excluding tert-OH is 3. The largest absolute Gasteiger partial charge is 0.459 e. The van der Waals surface area contributed by atoms with Crippen molar-refractivity contribution in [1.29, 1.82) is 0 Å². The summed E-state index contributed by atoms with van der Waals surface area (Å²) in [4.78, 5) is 11.9. The van der Waals surface area contributed by atoms with Crippen LogP contribution in [0.2, 0.25) is 0 Å². The number of hydrogen-bond acceptors (Lipinski definition) is 5. The maximum Gasteiger partial charge on any atom is 0.331 e. The van der Waals surface area contributed by atoms with Gasteiger partial charge in [0, 0.05) is 12.5 Å². The fourth-order valence-corrected chi connectivity index (χ4v) is 2.85. The summed E-state index contributed by atoms with van der Waals surface area (Å²) < 4.78 is 5.46. The van der Waals surface area contributed by atoms with E-state index in [9.17, 15) is 20.1 Å². The van der Waals surface area contributed by atoms with E-state index < -0.39 is 18.3 Å². The molecule has 1 aliphatic rings. The average Bonchev–Trinajstić information content (AvgIpc) is 2.70. The number of cyclic esters (lactones) is 1. The Bertz CT molecular complexity index is 642. The van der Waals surface area contributed by atoms with Gasteiger partial charge in [0.25, 0.3) is 0 Å². The summed E-state index contributed by atoms with van der Waals surface area (Å²) in [5.74, 6) is -0.360. The summed E-state index contributed by atoms with van der Waals surface area (Å²) >= 11 is 0. The molecule has 166 valence electrons. The molecule has 3 N–H and O–H groups in total. The first-order valence-electron chi connectivity index (χ1n) is 10.8. The van der Waals surface area contributed by atoms with Crippen molar-refractivity contribution in [3.8, 4) is 0 Å². The smallest absolute Gasteiger partial charge is 0.331 e. The Kier molecular flexibility index (Phi) is 14.3. The highest BCUT2D eigenvalue weighted by Gasteiger charge is 2.10. The second-order valence-corrected chi connectivity index (χ2v) is 7.31. The Morgan fingerprint density at radius 1 is 0.900 bits per heavy atom. The van der Waals surface area contributed by atoms with E-state index in [2.05, 4.69) is 0 Å². The Hall–Kier alpha value is -2.21. The molecule has 0 aliphatic carbocycles. The van der Waals surface area contributed by atoms with Crippen LogP contribution in [-0.4, -0.2) is 45.7 Å². The Labute approximate surface area is 180 Å². The molecule has 0 aromatic carbocycles. The number of rotatable bonds is 1. The number of carbonyl (C=O) groups excluding carboxylic acids is 1. The molecule has 0 aromatic heterocycles. The third kappa shape index (κ3) is 13.9. The van der Waals surface area contributed by atoms with Gasteiger partial charge in [0.2, 0.25) is 0 Å². The van der Waals surface area contributed by atoms with Gasteiger partial charge in [0.1, 0.15) is 6.10 Å². The van der Waals surface area contributed by atoms with Crippen LogP contribution in [0.25, 0.3) is 0 Å². The van der Waals surface area contributed by atoms with Crippen LogP contribution >= 0.6 is 0 Å². The van der Waals surface area contributed by atoms with Crippen LogP contribution in [-0.2, 0) is 9.53 Å². The van der Waals surface area contributed by atoms with E-state index in [1.165, 1.54) is 6.08 Å². The first-order valence-corrected chi connectivity index (χ1v) is 10.8. The van der Waals surface area contributed by atoms with Crippen molar-refractivity contribution in [2.45, 2.75) is 76.3 Å². The zero-order valence-electron chi connectivity index (χ0n) is 17.8. The molecule has 0 saturated heterocycles. The van der Waals surface area contributed by atoms with Crippen LogP contribution in [0, 0.1) is 0 Å². The van der Waals surface area contributed by atoms with Gasteiger partial charge >= 0.3 is 5.97 Å². The van der Waals surface area contributed by atoms with Gasteiger partial charge in [0.15, 0.2) is 0 Å². The highest BCUT2D eigenvalue weighted by molar-refractivity contribution is 5.82.